The molecule has 1 atom stereocenters. The first-order chi connectivity index (χ1) is 8.70. The normalized spacial score (nSPS) is 11.6. The molecule has 0 aliphatic carbocycles. The van der Waals surface area contributed by atoms with Crippen LogP contribution in [0.3, 0.4) is 0 Å². The van der Waals surface area contributed by atoms with Gasteiger partial charge >= 0.3 is 6.09 Å². The minimum absolute atomic E-state index is 0.326. The van der Waals surface area contributed by atoms with Gasteiger partial charge in [-0.1, -0.05) is 6.07 Å². The average Bonchev–Trinajstić information content (AvgIpc) is 2.92. The summed E-state index contributed by atoms with van der Waals surface area (Å²) in [4.78, 5) is 19.3. The first-order valence-electron chi connectivity index (χ1n) is 5.25. The van der Waals surface area contributed by atoms with Crippen LogP contribution in [0, 0.1) is 11.3 Å². The van der Waals surface area contributed by atoms with Crippen molar-refractivity contribution in [2.75, 3.05) is 0 Å². The van der Waals surface area contributed by atoms with E-state index in [0.29, 0.717) is 5.69 Å². The molecule has 0 saturated carbocycles. The van der Waals surface area contributed by atoms with Gasteiger partial charge in [0.15, 0.2) is 0 Å². The zero-order valence-corrected chi connectivity index (χ0v) is 9.65. The number of carbonyl (C=O) groups excluding carboxylic acids is 1. The quantitative estimate of drug-likeness (QED) is 0.803. The predicted molar refractivity (Wildman–Crippen MR) is 61.5 cm³/mol. The van der Waals surface area contributed by atoms with Crippen LogP contribution in [-0.2, 0) is 4.74 Å². The summed E-state index contributed by atoms with van der Waals surface area (Å²) in [7, 11) is 0. The van der Waals surface area contributed by atoms with E-state index in [9.17, 15) is 4.79 Å². The van der Waals surface area contributed by atoms with Crippen molar-refractivity contribution in [3.05, 3.63) is 48.3 Å². The van der Waals surface area contributed by atoms with Crippen LogP contribution in [0.4, 0.5) is 4.79 Å². The second-order valence-electron chi connectivity index (χ2n) is 3.58. The Kier molecular flexibility index (Phi) is 3.34. The zero-order valence-electron chi connectivity index (χ0n) is 9.65. The van der Waals surface area contributed by atoms with Crippen molar-refractivity contribution in [3.8, 4) is 6.07 Å². The molecular weight excluding hydrogens is 232 g/mol. The first-order valence-corrected chi connectivity index (χ1v) is 5.25. The van der Waals surface area contributed by atoms with Crippen molar-refractivity contribution < 1.29 is 9.53 Å². The van der Waals surface area contributed by atoms with E-state index >= 15 is 0 Å². The van der Waals surface area contributed by atoms with E-state index in [1.807, 2.05) is 6.07 Å². The number of imidazole rings is 1. The van der Waals surface area contributed by atoms with Crippen LogP contribution < -0.4 is 0 Å². The van der Waals surface area contributed by atoms with Crippen LogP contribution in [0.1, 0.15) is 24.3 Å². The monoisotopic (exact) mass is 242 g/mol. The molecule has 0 amide bonds. The van der Waals surface area contributed by atoms with Gasteiger partial charge in [0.2, 0.25) is 0 Å². The standard InChI is InChI=1S/C12H10N4O2/c1-9(10-2-3-11(6-13)15-7-10)18-12(17)16-5-4-14-8-16/h2-5,7-9H,1H3. The van der Waals surface area contributed by atoms with Crippen molar-refractivity contribution >= 4 is 6.09 Å². The highest BCUT2D eigenvalue weighted by Crippen LogP contribution is 2.16. The fraction of sp³-hybridized carbons (Fsp3) is 0.167. The van der Waals surface area contributed by atoms with Gasteiger partial charge in [-0.25, -0.2) is 19.3 Å². The van der Waals surface area contributed by atoms with Crippen molar-refractivity contribution in [1.82, 2.24) is 14.5 Å². The molecule has 0 N–H and O–H groups in total. The number of hydrogen-bond donors (Lipinski definition) is 0. The maximum atomic E-state index is 11.6. The predicted octanol–water partition coefficient (Wildman–Crippen LogP) is 1.90. The van der Waals surface area contributed by atoms with Gasteiger partial charge in [-0.05, 0) is 13.0 Å². The minimum atomic E-state index is -0.510. The average molecular weight is 242 g/mol. The number of ether oxygens (including phenoxy) is 1. The lowest BCUT2D eigenvalue weighted by molar-refractivity contribution is 0.108. The van der Waals surface area contributed by atoms with E-state index in [-0.39, 0.29) is 0 Å². The summed E-state index contributed by atoms with van der Waals surface area (Å²) < 4.78 is 6.46. The van der Waals surface area contributed by atoms with Gasteiger partial charge in [0.05, 0.1) is 0 Å². The molecule has 0 aliphatic heterocycles. The largest absolute Gasteiger partial charge is 0.441 e. The molecule has 0 aliphatic rings. The van der Waals surface area contributed by atoms with Crippen LogP contribution in [-0.4, -0.2) is 20.6 Å². The minimum Gasteiger partial charge on any atom is -0.441 e. The third-order valence-corrected chi connectivity index (χ3v) is 2.36. The van der Waals surface area contributed by atoms with Gasteiger partial charge in [0.1, 0.15) is 24.2 Å². The highest BCUT2D eigenvalue weighted by molar-refractivity contribution is 5.70. The lowest BCUT2D eigenvalue weighted by Crippen LogP contribution is -2.14. The molecule has 2 aromatic heterocycles. The molecule has 18 heavy (non-hydrogen) atoms. The van der Waals surface area contributed by atoms with E-state index < -0.39 is 12.2 Å². The van der Waals surface area contributed by atoms with Gasteiger partial charge in [0.25, 0.3) is 0 Å². The highest BCUT2D eigenvalue weighted by atomic mass is 16.6. The smallest absolute Gasteiger partial charge is 0.419 e. The van der Waals surface area contributed by atoms with Crippen molar-refractivity contribution in [2.45, 2.75) is 13.0 Å². The fourth-order valence-electron chi connectivity index (χ4n) is 1.36. The van der Waals surface area contributed by atoms with Crippen LogP contribution >= 0.6 is 0 Å². The molecule has 90 valence electrons. The van der Waals surface area contributed by atoms with Crippen LogP contribution in [0.2, 0.25) is 0 Å². The molecule has 1 unspecified atom stereocenters. The van der Waals surface area contributed by atoms with Crippen LogP contribution in [0.15, 0.2) is 37.1 Å². The molecule has 0 radical (unpaired) electrons. The fourth-order valence-corrected chi connectivity index (χ4v) is 1.36. The Morgan fingerprint density at radius 3 is 2.94 bits per heavy atom. The highest BCUT2D eigenvalue weighted by Gasteiger charge is 2.13. The summed E-state index contributed by atoms with van der Waals surface area (Å²) in [6.45, 7) is 1.73. The number of aromatic nitrogens is 3. The van der Waals surface area contributed by atoms with Crippen molar-refractivity contribution in [1.29, 1.82) is 5.26 Å². The molecule has 6 nitrogen and oxygen atoms in total. The lowest BCUT2D eigenvalue weighted by atomic mass is 10.2. The Bertz CT molecular complexity index is 569. The Morgan fingerprint density at radius 2 is 2.39 bits per heavy atom. The molecule has 6 heteroatoms. The number of pyridine rings is 1. The summed E-state index contributed by atoms with van der Waals surface area (Å²) >= 11 is 0. The maximum absolute atomic E-state index is 11.6. The zero-order chi connectivity index (χ0) is 13.0. The second kappa shape index (κ2) is 5.10. The molecule has 2 aromatic rings. The van der Waals surface area contributed by atoms with Gasteiger partial charge < -0.3 is 4.74 Å². The number of hydrogen-bond acceptors (Lipinski definition) is 5. The summed E-state index contributed by atoms with van der Waals surface area (Å²) in [5.74, 6) is 0. The molecule has 0 fully saturated rings. The molecule has 2 heterocycles. The van der Waals surface area contributed by atoms with Gasteiger partial charge in [0, 0.05) is 24.2 Å². The Morgan fingerprint density at radius 1 is 1.56 bits per heavy atom. The molecule has 0 bridgehead atoms. The number of rotatable bonds is 2. The Balaban J connectivity index is 2.05. The molecular formula is C12H10N4O2. The Labute approximate surface area is 103 Å². The Hall–Kier alpha value is -2.68. The number of nitrogens with zero attached hydrogens (tertiary/aromatic N) is 4. The second-order valence-corrected chi connectivity index (χ2v) is 3.58. The van der Waals surface area contributed by atoms with Crippen LogP contribution in [0.25, 0.3) is 0 Å². The third-order valence-electron chi connectivity index (χ3n) is 2.36. The topological polar surface area (TPSA) is 80.8 Å². The number of carbonyl (C=O) groups is 1. The summed E-state index contributed by atoms with van der Waals surface area (Å²) in [6, 6.07) is 5.21. The molecule has 2 rings (SSSR count). The third kappa shape index (κ3) is 2.52. The van der Waals surface area contributed by atoms with Gasteiger partial charge in [-0.2, -0.15) is 5.26 Å². The summed E-state index contributed by atoms with van der Waals surface area (Å²) in [5, 5.41) is 8.63. The van der Waals surface area contributed by atoms with Gasteiger partial charge in [-0.3, -0.25) is 0 Å². The van der Waals surface area contributed by atoms with Crippen molar-refractivity contribution in [3.63, 3.8) is 0 Å². The van der Waals surface area contributed by atoms with E-state index in [1.165, 1.54) is 29.5 Å². The van der Waals surface area contributed by atoms with E-state index in [0.717, 1.165) is 5.56 Å². The first kappa shape index (κ1) is 11.8. The van der Waals surface area contributed by atoms with Crippen molar-refractivity contribution in [2.24, 2.45) is 0 Å². The molecule has 0 saturated heterocycles. The summed E-state index contributed by atoms with van der Waals surface area (Å²) in [6.07, 6.45) is 4.93. The summed E-state index contributed by atoms with van der Waals surface area (Å²) in [5.41, 5.74) is 1.05. The molecule has 0 spiro atoms. The molecule has 0 aromatic carbocycles. The lowest BCUT2D eigenvalue weighted by Gasteiger charge is -2.12. The van der Waals surface area contributed by atoms with Gasteiger partial charge in [-0.15, -0.1) is 0 Å². The van der Waals surface area contributed by atoms with E-state index in [1.54, 1.807) is 19.1 Å². The maximum Gasteiger partial charge on any atom is 0.419 e. The van der Waals surface area contributed by atoms with Crippen LogP contribution in [0.5, 0.6) is 0 Å². The van der Waals surface area contributed by atoms with E-state index in [2.05, 4.69) is 9.97 Å². The SMILES string of the molecule is CC(OC(=O)n1ccnc1)c1ccc(C#N)nc1. The van der Waals surface area contributed by atoms with E-state index in [4.69, 9.17) is 10.00 Å². The number of nitriles is 1.